The molecule has 2 aromatic rings. The van der Waals surface area contributed by atoms with E-state index in [1.54, 1.807) is 29.2 Å². The van der Waals surface area contributed by atoms with Crippen LogP contribution in [0.4, 0.5) is 0 Å². The Bertz CT molecular complexity index is 869. The molecule has 1 aliphatic heterocycles. The number of carbonyl (C=O) groups is 2. The number of hydrogen-bond donors (Lipinski definition) is 1. The maximum absolute atomic E-state index is 12.8. The molecule has 1 aliphatic rings. The van der Waals surface area contributed by atoms with Gasteiger partial charge in [0.05, 0.1) is 11.6 Å². The van der Waals surface area contributed by atoms with Crippen LogP contribution in [0.5, 0.6) is 0 Å². The molecule has 1 fully saturated rings. The fourth-order valence-corrected chi connectivity index (χ4v) is 4.45. The normalized spacial score (nSPS) is 19.3. The van der Waals surface area contributed by atoms with E-state index in [9.17, 15) is 14.7 Å². The minimum absolute atomic E-state index is 0.118. The lowest BCUT2D eigenvalue weighted by atomic mass is 9.98. The van der Waals surface area contributed by atoms with Crippen molar-refractivity contribution in [3.63, 3.8) is 0 Å². The van der Waals surface area contributed by atoms with Crippen LogP contribution in [-0.2, 0) is 9.59 Å². The molecule has 2 heterocycles. The summed E-state index contributed by atoms with van der Waals surface area (Å²) in [7, 11) is 0. The Labute approximate surface area is 165 Å². The van der Waals surface area contributed by atoms with Crippen LogP contribution in [0.3, 0.4) is 0 Å². The maximum Gasteiger partial charge on any atom is 0.295 e. The van der Waals surface area contributed by atoms with Gasteiger partial charge in [0.25, 0.3) is 11.7 Å². The summed E-state index contributed by atoms with van der Waals surface area (Å²) in [6, 6.07) is 8.51. The van der Waals surface area contributed by atoms with Crippen molar-refractivity contribution in [1.82, 2.24) is 4.90 Å². The highest BCUT2D eigenvalue weighted by molar-refractivity contribution is 9.10. The molecular weight excluding hydrogens is 414 g/mol. The summed E-state index contributed by atoms with van der Waals surface area (Å²) in [5.74, 6) is -1.26. The Morgan fingerprint density at radius 1 is 1.23 bits per heavy atom. The summed E-state index contributed by atoms with van der Waals surface area (Å²) >= 11 is 4.87. The van der Waals surface area contributed by atoms with Gasteiger partial charge < -0.3 is 10.0 Å². The lowest BCUT2D eigenvalue weighted by Crippen LogP contribution is -2.30. The largest absolute Gasteiger partial charge is 0.507 e. The van der Waals surface area contributed by atoms with Crippen molar-refractivity contribution < 1.29 is 14.7 Å². The molecule has 1 amide bonds. The molecule has 1 aromatic heterocycles. The first-order valence-electron chi connectivity index (χ1n) is 8.54. The van der Waals surface area contributed by atoms with Crippen molar-refractivity contribution in [1.29, 1.82) is 0 Å². The van der Waals surface area contributed by atoms with Gasteiger partial charge in [-0.3, -0.25) is 9.59 Å². The lowest BCUT2D eigenvalue weighted by Gasteiger charge is -2.24. The number of benzene rings is 1. The molecule has 1 atom stereocenters. The highest BCUT2D eigenvalue weighted by Gasteiger charge is 2.46. The minimum Gasteiger partial charge on any atom is -0.507 e. The number of nitrogens with zero attached hydrogens (tertiary/aromatic N) is 1. The van der Waals surface area contributed by atoms with Crippen molar-refractivity contribution >= 4 is 44.7 Å². The minimum atomic E-state index is -0.612. The van der Waals surface area contributed by atoms with Crippen molar-refractivity contribution in [2.24, 2.45) is 0 Å². The molecule has 1 saturated heterocycles. The average Bonchev–Trinajstić information content (AvgIpc) is 3.15. The zero-order chi connectivity index (χ0) is 18.8. The van der Waals surface area contributed by atoms with Crippen molar-refractivity contribution in [3.05, 3.63) is 61.8 Å². The lowest BCUT2D eigenvalue weighted by molar-refractivity contribution is -0.139. The predicted octanol–water partition coefficient (Wildman–Crippen LogP) is 5.04. The van der Waals surface area contributed by atoms with E-state index >= 15 is 0 Å². The third-order valence-electron chi connectivity index (χ3n) is 4.56. The monoisotopic (exact) mass is 433 g/mol. The number of rotatable bonds is 5. The first-order chi connectivity index (χ1) is 12.5. The van der Waals surface area contributed by atoms with E-state index in [1.165, 1.54) is 11.3 Å². The van der Waals surface area contributed by atoms with Crippen molar-refractivity contribution in [3.8, 4) is 0 Å². The van der Waals surface area contributed by atoms with E-state index in [0.717, 1.165) is 27.8 Å². The summed E-state index contributed by atoms with van der Waals surface area (Å²) in [6.45, 7) is 4.51. The molecular formula is C20H20BrNO3S. The van der Waals surface area contributed by atoms with Gasteiger partial charge in [0.1, 0.15) is 5.76 Å². The summed E-state index contributed by atoms with van der Waals surface area (Å²) in [5, 5.41) is 12.8. The van der Waals surface area contributed by atoms with Crippen molar-refractivity contribution in [2.45, 2.75) is 32.7 Å². The molecule has 0 radical (unpaired) electrons. The Hall–Kier alpha value is -1.92. The average molecular weight is 434 g/mol. The molecule has 3 rings (SSSR count). The van der Waals surface area contributed by atoms with Crippen LogP contribution in [0.15, 0.2) is 45.8 Å². The van der Waals surface area contributed by atoms with Crippen LogP contribution in [0.1, 0.15) is 41.8 Å². The molecule has 0 saturated carbocycles. The summed E-state index contributed by atoms with van der Waals surface area (Å²) in [6.07, 6.45) is 1.73. The second-order valence-corrected chi connectivity index (χ2v) is 8.18. The molecule has 1 N–H and O–H groups in total. The summed E-state index contributed by atoms with van der Waals surface area (Å²) < 4.78 is 0.878. The Morgan fingerprint density at radius 3 is 2.50 bits per heavy atom. The second-order valence-electron chi connectivity index (χ2n) is 6.32. The number of likely N-dealkylation sites (tertiary alicyclic amines) is 1. The number of hydrogen-bond acceptors (Lipinski definition) is 4. The molecule has 0 aliphatic carbocycles. The number of aliphatic hydroxyl groups is 1. The quantitative estimate of drug-likeness (QED) is 0.408. The highest BCUT2D eigenvalue weighted by Crippen LogP contribution is 2.42. The predicted molar refractivity (Wildman–Crippen MR) is 107 cm³/mol. The van der Waals surface area contributed by atoms with Gasteiger partial charge in [-0.2, -0.15) is 0 Å². The summed E-state index contributed by atoms with van der Waals surface area (Å²) in [4.78, 5) is 28.0. The van der Waals surface area contributed by atoms with Gasteiger partial charge in [0, 0.05) is 21.5 Å². The van der Waals surface area contributed by atoms with E-state index in [1.807, 2.05) is 25.3 Å². The van der Waals surface area contributed by atoms with Crippen LogP contribution < -0.4 is 0 Å². The Kier molecular flexibility index (Phi) is 5.63. The fourth-order valence-electron chi connectivity index (χ4n) is 3.14. The number of Topliss-reactive ketones (excluding diaryl/α,β-unsaturated/α-hetero) is 1. The topological polar surface area (TPSA) is 57.6 Å². The molecule has 26 heavy (non-hydrogen) atoms. The van der Waals surface area contributed by atoms with Crippen LogP contribution in [0, 0.1) is 6.92 Å². The smallest absolute Gasteiger partial charge is 0.295 e. The van der Waals surface area contributed by atoms with Gasteiger partial charge in [-0.15, -0.1) is 11.3 Å². The second kappa shape index (κ2) is 7.76. The van der Waals surface area contributed by atoms with E-state index in [4.69, 9.17) is 0 Å². The molecule has 0 bridgehead atoms. The number of unbranched alkanes of at least 4 members (excludes halogenated alkanes) is 1. The number of ketones is 1. The molecule has 1 unspecified atom stereocenters. The van der Waals surface area contributed by atoms with Crippen LogP contribution >= 0.6 is 27.3 Å². The standard InChI is InChI=1S/C20H20BrNO3S/c1-3-4-10-22-16(19-12(2)9-11-26-19)15(18(24)20(22)25)17(23)13-5-7-14(21)8-6-13/h5-9,11,16,23H,3-4,10H2,1-2H3/b17-15-. The van der Waals surface area contributed by atoms with Gasteiger partial charge >= 0.3 is 0 Å². The number of aliphatic hydroxyl groups excluding tert-OH is 1. The third-order valence-corrected chi connectivity index (χ3v) is 6.16. The van der Waals surface area contributed by atoms with Crippen molar-refractivity contribution in [2.75, 3.05) is 6.54 Å². The number of carbonyl (C=O) groups excluding carboxylic acids is 2. The molecule has 136 valence electrons. The number of aryl methyl sites for hydroxylation is 1. The molecule has 6 heteroatoms. The van der Waals surface area contributed by atoms with Gasteiger partial charge in [-0.05, 0) is 42.5 Å². The van der Waals surface area contributed by atoms with Gasteiger partial charge in [-0.25, -0.2) is 0 Å². The van der Waals surface area contributed by atoms with E-state index < -0.39 is 17.7 Å². The number of halogens is 1. The van der Waals surface area contributed by atoms with Gasteiger partial charge in [0.2, 0.25) is 0 Å². The van der Waals surface area contributed by atoms with Crippen LogP contribution in [0.25, 0.3) is 5.76 Å². The number of amides is 1. The number of thiophene rings is 1. The van der Waals surface area contributed by atoms with Crippen LogP contribution in [-0.4, -0.2) is 28.2 Å². The molecule has 1 aromatic carbocycles. The fraction of sp³-hybridized carbons (Fsp3) is 0.300. The zero-order valence-electron chi connectivity index (χ0n) is 14.7. The van der Waals surface area contributed by atoms with E-state index in [-0.39, 0.29) is 11.3 Å². The molecule has 0 spiro atoms. The molecule has 4 nitrogen and oxygen atoms in total. The van der Waals surface area contributed by atoms with E-state index in [2.05, 4.69) is 15.9 Å². The van der Waals surface area contributed by atoms with Crippen LogP contribution in [0.2, 0.25) is 0 Å². The highest BCUT2D eigenvalue weighted by atomic mass is 79.9. The first-order valence-corrected chi connectivity index (χ1v) is 10.2. The third kappa shape index (κ3) is 3.35. The van der Waals surface area contributed by atoms with Gasteiger partial charge in [0.15, 0.2) is 0 Å². The maximum atomic E-state index is 12.8. The first kappa shape index (κ1) is 18.9. The van der Waals surface area contributed by atoms with Gasteiger partial charge in [-0.1, -0.05) is 41.4 Å². The zero-order valence-corrected chi connectivity index (χ0v) is 17.1. The Balaban J connectivity index is 2.15. The summed E-state index contributed by atoms with van der Waals surface area (Å²) in [5.41, 5.74) is 1.73. The SMILES string of the molecule is CCCCN1C(=O)C(=O)/C(=C(\O)c2ccc(Br)cc2)C1c1sccc1C. The van der Waals surface area contributed by atoms with E-state index in [0.29, 0.717) is 12.1 Å². The Morgan fingerprint density at radius 2 is 1.92 bits per heavy atom.